The van der Waals surface area contributed by atoms with Crippen molar-refractivity contribution in [2.75, 3.05) is 66.0 Å². The Labute approximate surface area is 718 Å². The number of fused-ring (bicyclic) bond motifs is 2. The van der Waals surface area contributed by atoms with Crippen molar-refractivity contribution in [1.82, 2.24) is 0 Å². The molecule has 31 nitrogen and oxygen atoms in total. The van der Waals surface area contributed by atoms with Crippen LogP contribution in [0.4, 0.5) is 0 Å². The van der Waals surface area contributed by atoms with E-state index >= 15 is 19.2 Å². The maximum absolute atomic E-state index is 15.6. The first kappa shape index (κ1) is 89.9. The molecule has 124 heavy (non-hydrogen) atoms. The number of azide groups is 1. The third-order valence-corrected chi connectivity index (χ3v) is 21.5. The van der Waals surface area contributed by atoms with Crippen molar-refractivity contribution in [3.05, 3.63) is 298 Å². The van der Waals surface area contributed by atoms with Crippen molar-refractivity contribution in [3.63, 3.8) is 0 Å². The summed E-state index contributed by atoms with van der Waals surface area (Å²) >= 11 is 0. The minimum atomic E-state index is -2.04. The number of unbranched alkanes of at least 4 members (excludes halogenated alkanes) is 2. The summed E-state index contributed by atoms with van der Waals surface area (Å²) in [5.41, 5.74) is 10.5. The summed E-state index contributed by atoms with van der Waals surface area (Å²) in [6.07, 6.45) is -32.1. The van der Waals surface area contributed by atoms with Gasteiger partial charge in [-0.3, -0.25) is 0 Å². The minimum absolute atomic E-state index is 0.00477. The summed E-state index contributed by atoms with van der Waals surface area (Å²) in [6.45, 7) is 2.79. The monoisotopic (exact) mass is 1720 g/mol. The second-order valence-corrected chi connectivity index (χ2v) is 29.9. The van der Waals surface area contributed by atoms with Crippen LogP contribution in [0.5, 0.6) is 0 Å². The van der Waals surface area contributed by atoms with Gasteiger partial charge < -0.3 is 104 Å². The molecule has 6 fully saturated rings. The van der Waals surface area contributed by atoms with Crippen molar-refractivity contribution in [3.8, 4) is 0 Å². The van der Waals surface area contributed by atoms with E-state index in [1.165, 1.54) is 60.7 Å². The molecule has 6 heterocycles. The highest BCUT2D eigenvalue weighted by atomic mass is 31.0. The van der Waals surface area contributed by atoms with Crippen molar-refractivity contribution in [1.29, 1.82) is 0 Å². The SMILES string of the molecule is CCCCOCC1OC(OCCOCCN=[N+]=[N-])C(OC(=O)c2ccccc2)C(OC(=O)c2ccccc2)C1OC1OC2COC(c3ccccc3)OC2C(OC2OC(COCCCC)C(OC3OC4COC(c5ccccc5)OC4C(OP)C3OC(=O)c3ccccc3)C(OC(=O)c3ccccc3)C2OC(=O)c2ccccc2)C1OC(=O)c1ccccc1. The van der Waals surface area contributed by atoms with Crippen LogP contribution in [0.15, 0.2) is 248 Å². The molecular weight excluding hydrogens is 1630 g/mol. The molecular formula is C92H98N3O28P. The lowest BCUT2D eigenvalue weighted by molar-refractivity contribution is -0.410. The fourth-order valence-corrected chi connectivity index (χ4v) is 15.3. The number of benzene rings is 8. The second kappa shape index (κ2) is 45.5. The quantitative estimate of drug-likeness (QED) is 0.00659. The number of nitrogens with zero attached hydrogens (tertiary/aromatic N) is 3. The van der Waals surface area contributed by atoms with Crippen LogP contribution in [0.3, 0.4) is 0 Å². The van der Waals surface area contributed by atoms with E-state index in [9.17, 15) is 9.59 Å². The number of carbonyl (C=O) groups excluding carboxylic acids is 6. The Morgan fingerprint density at radius 3 is 1.03 bits per heavy atom. The van der Waals surface area contributed by atoms with Crippen LogP contribution < -0.4 is 0 Å². The fourth-order valence-electron chi connectivity index (χ4n) is 15.0. The Kier molecular flexibility index (Phi) is 33.0. The summed E-state index contributed by atoms with van der Waals surface area (Å²) in [4.78, 5) is 94.2. The molecule has 14 rings (SSSR count). The lowest BCUT2D eigenvalue weighted by atomic mass is 9.94. The highest BCUT2D eigenvalue weighted by molar-refractivity contribution is 7.09. The van der Waals surface area contributed by atoms with Gasteiger partial charge in [0.25, 0.3) is 0 Å². The van der Waals surface area contributed by atoms with Gasteiger partial charge in [-0.2, -0.15) is 0 Å². The van der Waals surface area contributed by atoms with Gasteiger partial charge in [0.2, 0.25) is 0 Å². The Morgan fingerprint density at radius 2 is 0.669 bits per heavy atom. The first-order chi connectivity index (χ1) is 60.8. The number of ether oxygens (including phenoxy) is 21. The normalized spacial score (nSPS) is 28.3. The molecule has 0 spiro atoms. The van der Waals surface area contributed by atoms with Gasteiger partial charge in [-0.25, -0.2) is 28.8 Å². The highest BCUT2D eigenvalue weighted by Crippen LogP contribution is 2.45. The lowest BCUT2D eigenvalue weighted by Gasteiger charge is -2.53. The van der Waals surface area contributed by atoms with Crippen LogP contribution in [-0.2, 0) is 104 Å². The summed E-state index contributed by atoms with van der Waals surface area (Å²) < 4.78 is 149. The van der Waals surface area contributed by atoms with Crippen LogP contribution in [0.2, 0.25) is 0 Å². The van der Waals surface area contributed by atoms with Crippen molar-refractivity contribution < 1.29 is 133 Å². The highest BCUT2D eigenvalue weighted by Gasteiger charge is 2.63. The summed E-state index contributed by atoms with van der Waals surface area (Å²) in [6, 6.07) is 66.2. The summed E-state index contributed by atoms with van der Waals surface area (Å²) in [5.74, 6) is -5.60. The van der Waals surface area contributed by atoms with E-state index in [0.29, 0.717) is 36.8 Å². The number of hydrogen-bond acceptors (Lipinski definition) is 29. The summed E-state index contributed by atoms with van der Waals surface area (Å²) in [7, 11) is 2.24. The molecule has 0 bridgehead atoms. The summed E-state index contributed by atoms with van der Waals surface area (Å²) in [5, 5.41) is 3.55. The molecule has 0 radical (unpaired) electrons. The van der Waals surface area contributed by atoms with Crippen molar-refractivity contribution >= 4 is 45.3 Å². The van der Waals surface area contributed by atoms with Crippen molar-refractivity contribution in [2.45, 2.75) is 175 Å². The van der Waals surface area contributed by atoms with Gasteiger partial charge in [-0.1, -0.05) is 202 Å². The third kappa shape index (κ3) is 23.2. The Bertz CT molecular complexity index is 4720. The predicted octanol–water partition coefficient (Wildman–Crippen LogP) is 12.8. The van der Waals surface area contributed by atoms with E-state index in [-0.39, 0.29) is 92.8 Å². The molecule has 8 aromatic carbocycles. The lowest BCUT2D eigenvalue weighted by Crippen LogP contribution is -2.70. The zero-order valence-corrected chi connectivity index (χ0v) is 69.2. The van der Waals surface area contributed by atoms with E-state index < -0.39 is 178 Å². The molecule has 0 N–H and O–H groups in total. The number of esters is 6. The molecule has 0 aromatic heterocycles. The molecule has 6 aliphatic heterocycles. The van der Waals surface area contributed by atoms with Crippen molar-refractivity contribution in [2.24, 2.45) is 5.11 Å². The van der Waals surface area contributed by atoms with Gasteiger partial charge in [0.15, 0.2) is 74.4 Å². The molecule has 0 aliphatic carbocycles. The number of carbonyl (C=O) groups is 6. The molecule has 8 aromatic rings. The van der Waals surface area contributed by atoms with E-state index in [4.69, 9.17) is 110 Å². The van der Waals surface area contributed by atoms with E-state index in [1.807, 2.05) is 44.2 Å². The van der Waals surface area contributed by atoms with Gasteiger partial charge in [-0.05, 0) is 91.2 Å². The van der Waals surface area contributed by atoms with Crippen LogP contribution in [0.25, 0.3) is 10.4 Å². The average Bonchev–Trinajstić information content (AvgIpc) is 0.746. The first-order valence-electron chi connectivity index (χ1n) is 41.3. The fraction of sp³-hybridized carbons (Fsp3) is 0.413. The Morgan fingerprint density at radius 1 is 0.355 bits per heavy atom. The zero-order chi connectivity index (χ0) is 85.9. The second-order valence-electron chi connectivity index (χ2n) is 29.6. The van der Waals surface area contributed by atoms with Gasteiger partial charge in [-0.15, -0.1) is 0 Å². The maximum Gasteiger partial charge on any atom is 0.338 e. The van der Waals surface area contributed by atoms with E-state index in [1.54, 1.807) is 152 Å². The van der Waals surface area contributed by atoms with Gasteiger partial charge >= 0.3 is 35.8 Å². The maximum atomic E-state index is 15.6. The molecule has 23 atom stereocenters. The molecule has 32 heteroatoms. The largest absolute Gasteiger partial charge is 0.452 e. The van der Waals surface area contributed by atoms with Crippen LogP contribution in [-0.4, -0.2) is 225 Å². The van der Waals surface area contributed by atoms with Crippen LogP contribution in [0, 0.1) is 0 Å². The average molecular weight is 1720 g/mol. The molecule has 6 aliphatic rings. The molecule has 0 amide bonds. The Balaban J connectivity index is 0.921. The van der Waals surface area contributed by atoms with Crippen LogP contribution >= 0.6 is 9.47 Å². The first-order valence-corrected chi connectivity index (χ1v) is 41.8. The topological polar surface area (TPSA) is 354 Å². The zero-order valence-electron chi connectivity index (χ0n) is 68.0. The Hall–Kier alpha value is -10.3. The molecule has 654 valence electrons. The molecule has 23 unspecified atom stereocenters. The number of rotatable bonds is 38. The molecule has 6 saturated heterocycles. The molecule has 0 saturated carbocycles. The number of hydrogen-bond donors (Lipinski definition) is 0. The van der Waals surface area contributed by atoms with Gasteiger partial charge in [0, 0.05) is 45.3 Å². The smallest absolute Gasteiger partial charge is 0.338 e. The van der Waals surface area contributed by atoms with Gasteiger partial charge in [0.05, 0.1) is 79.6 Å². The predicted molar refractivity (Wildman–Crippen MR) is 440 cm³/mol. The van der Waals surface area contributed by atoms with Crippen LogP contribution in [0.1, 0.15) is 125 Å². The third-order valence-electron chi connectivity index (χ3n) is 21.2. The van der Waals surface area contributed by atoms with E-state index in [0.717, 1.165) is 0 Å². The minimum Gasteiger partial charge on any atom is -0.452 e. The standard InChI is InChI=1S/C92H98N3O28P/c1-3-5-48-103-53-65-69(73(112-81(96)57-31-15-7-16-32-57)77(114-83(98)59-35-19-9-20-36-59)89(108-65)105-52-51-102-50-47-94-95-93)120-90-79(116-85(100)61-39-23-11-24-40-61)75(71-67(110-90)55-106-87(118-71)63-43-27-13-28-44-63)122-91-78(115-84(99)60-37-21-10-22-38-60)74(113-82(97)58-33-17-8-18-34-58)70(66(109-91)54-104-49-6-4-2)121-92-80(117-86(101)62-41-25-12-26-42-62)76(123-124)72-68(111-92)56-107-88(119-72)64-45-29-14-30-46-64/h7-46,65-80,87-92H,3-6,47-56,124H2,1-2H3. The van der Waals surface area contributed by atoms with Gasteiger partial charge in [0.1, 0.15) is 61.0 Å². The van der Waals surface area contributed by atoms with E-state index in [2.05, 4.69) is 19.5 Å².